The Morgan fingerprint density at radius 2 is 1.90 bits per heavy atom. The molecule has 3 heterocycles. The third-order valence-electron chi connectivity index (χ3n) is 5.26. The summed E-state index contributed by atoms with van der Waals surface area (Å²) in [6.45, 7) is 5.69. The summed E-state index contributed by atoms with van der Waals surface area (Å²) in [6, 6.07) is 11.0. The number of anilines is 1. The molecule has 2 aromatic heterocycles. The summed E-state index contributed by atoms with van der Waals surface area (Å²) in [6.07, 6.45) is 5.07. The Bertz CT molecular complexity index is 1260. The van der Waals surface area contributed by atoms with Crippen LogP contribution in [-0.2, 0) is 9.59 Å². The molecule has 1 aliphatic rings. The molecule has 0 spiro atoms. The number of halogens is 1. The average Bonchev–Trinajstić information content (AvgIpc) is 3.02. The van der Waals surface area contributed by atoms with E-state index in [1.807, 2.05) is 36.6 Å². The molecule has 0 unspecified atom stereocenters. The summed E-state index contributed by atoms with van der Waals surface area (Å²) in [5.74, 6) is -1.03. The van der Waals surface area contributed by atoms with Gasteiger partial charge in [0.1, 0.15) is 5.57 Å². The average molecular weight is 451 g/mol. The maximum absolute atomic E-state index is 13.3. The normalized spacial score (nSPS) is 15.5. The number of thiocarbonyl (C=S) groups is 1. The van der Waals surface area contributed by atoms with Gasteiger partial charge in [-0.1, -0.05) is 17.7 Å². The lowest BCUT2D eigenvalue weighted by atomic mass is 10.1. The number of hydrogen-bond donors (Lipinski definition) is 1. The van der Waals surface area contributed by atoms with Gasteiger partial charge in [0, 0.05) is 22.6 Å². The van der Waals surface area contributed by atoms with Crippen molar-refractivity contribution in [2.45, 2.75) is 20.8 Å². The number of benzene rings is 1. The molecule has 1 fully saturated rings. The number of rotatable bonds is 3. The highest BCUT2D eigenvalue weighted by Crippen LogP contribution is 2.30. The van der Waals surface area contributed by atoms with Crippen molar-refractivity contribution >= 4 is 52.5 Å². The highest BCUT2D eigenvalue weighted by Gasteiger charge is 2.35. The van der Waals surface area contributed by atoms with Crippen molar-refractivity contribution in [2.75, 3.05) is 4.90 Å². The van der Waals surface area contributed by atoms with Crippen LogP contribution in [0.2, 0.25) is 5.02 Å². The van der Waals surface area contributed by atoms with Gasteiger partial charge in [-0.25, -0.2) is 0 Å². The van der Waals surface area contributed by atoms with Crippen LogP contribution in [0.5, 0.6) is 0 Å². The van der Waals surface area contributed by atoms with Crippen LogP contribution in [0.15, 0.2) is 54.4 Å². The van der Waals surface area contributed by atoms with Crippen molar-refractivity contribution in [3.63, 3.8) is 0 Å². The minimum atomic E-state index is -0.530. The zero-order valence-electron chi connectivity index (χ0n) is 17.1. The summed E-state index contributed by atoms with van der Waals surface area (Å²) in [5, 5.41) is 3.15. The molecule has 1 N–H and O–H groups in total. The minimum Gasteiger partial charge on any atom is -0.316 e. The fraction of sp³-hybridized carbons (Fsp3) is 0.130. The predicted octanol–water partition coefficient (Wildman–Crippen LogP) is 4.28. The lowest BCUT2D eigenvalue weighted by Gasteiger charge is -2.30. The summed E-state index contributed by atoms with van der Waals surface area (Å²) in [7, 11) is 0. The van der Waals surface area contributed by atoms with Crippen LogP contribution in [-0.4, -0.2) is 26.5 Å². The maximum Gasteiger partial charge on any atom is 0.270 e. The minimum absolute atomic E-state index is 0.000544. The quantitative estimate of drug-likeness (QED) is 0.367. The van der Waals surface area contributed by atoms with Crippen LogP contribution in [0.1, 0.15) is 22.5 Å². The van der Waals surface area contributed by atoms with Crippen molar-refractivity contribution in [2.24, 2.45) is 0 Å². The molecule has 4 rings (SSSR count). The van der Waals surface area contributed by atoms with Gasteiger partial charge in [-0.3, -0.25) is 24.8 Å². The Hall–Kier alpha value is -3.29. The third-order valence-corrected chi connectivity index (χ3v) is 5.95. The Morgan fingerprint density at radius 3 is 2.61 bits per heavy atom. The first-order chi connectivity index (χ1) is 14.8. The highest BCUT2D eigenvalue weighted by atomic mass is 35.5. The topological polar surface area (TPSA) is 67.2 Å². The SMILES string of the molecule is Cc1c(Cl)cccc1N1C(=O)C(=Cc2cc(C)n(-c3cccnc3)c2C)C(=O)NC1=S. The van der Waals surface area contributed by atoms with E-state index >= 15 is 0 Å². The summed E-state index contributed by atoms with van der Waals surface area (Å²) >= 11 is 11.5. The van der Waals surface area contributed by atoms with E-state index < -0.39 is 11.8 Å². The molecule has 31 heavy (non-hydrogen) atoms. The van der Waals surface area contributed by atoms with Gasteiger partial charge in [0.15, 0.2) is 5.11 Å². The van der Waals surface area contributed by atoms with Crippen molar-refractivity contribution in [1.29, 1.82) is 0 Å². The molecular formula is C23H19ClN4O2S. The molecule has 8 heteroatoms. The monoisotopic (exact) mass is 450 g/mol. The second kappa shape index (κ2) is 8.09. The smallest absolute Gasteiger partial charge is 0.270 e. The van der Waals surface area contributed by atoms with Crippen molar-refractivity contribution in [3.8, 4) is 5.69 Å². The fourth-order valence-corrected chi connectivity index (χ4v) is 4.13. The van der Waals surface area contributed by atoms with Gasteiger partial charge in [-0.05, 0) is 80.5 Å². The van der Waals surface area contributed by atoms with Crippen LogP contribution in [0.3, 0.4) is 0 Å². The Kier molecular flexibility index (Phi) is 5.47. The van der Waals surface area contributed by atoms with Crippen LogP contribution in [0.4, 0.5) is 5.69 Å². The molecule has 3 aromatic rings. The first kappa shape index (κ1) is 21.0. The van der Waals surface area contributed by atoms with Crippen molar-refractivity contribution < 1.29 is 9.59 Å². The van der Waals surface area contributed by atoms with Gasteiger partial charge in [0.2, 0.25) is 0 Å². The number of hydrogen-bond acceptors (Lipinski definition) is 4. The fourth-order valence-electron chi connectivity index (χ4n) is 3.69. The van der Waals surface area contributed by atoms with Crippen molar-refractivity contribution in [3.05, 3.63) is 81.9 Å². The molecule has 1 aromatic carbocycles. The number of aryl methyl sites for hydroxylation is 1. The van der Waals surface area contributed by atoms with E-state index in [1.54, 1.807) is 43.6 Å². The lowest BCUT2D eigenvalue weighted by Crippen LogP contribution is -2.54. The van der Waals surface area contributed by atoms with Crippen LogP contribution >= 0.6 is 23.8 Å². The standard InChI is InChI=1S/C23H19ClN4O2S/c1-13-10-16(15(3)27(13)17-6-5-9-25-12-17)11-18-21(29)26-23(31)28(22(18)30)20-8-4-7-19(24)14(20)2/h4-12H,1-3H3,(H,26,29,31). The first-order valence-corrected chi connectivity index (χ1v) is 10.3. The van der Waals surface area contributed by atoms with Crippen LogP contribution in [0.25, 0.3) is 11.8 Å². The number of carbonyl (C=O) groups is 2. The lowest BCUT2D eigenvalue weighted by molar-refractivity contribution is -0.122. The number of nitrogens with one attached hydrogen (secondary N) is 1. The van der Waals surface area contributed by atoms with Gasteiger partial charge in [-0.15, -0.1) is 0 Å². The Balaban J connectivity index is 1.79. The van der Waals surface area contributed by atoms with Crippen LogP contribution in [0, 0.1) is 20.8 Å². The summed E-state index contributed by atoms with van der Waals surface area (Å²) in [4.78, 5) is 31.5. The van der Waals surface area contributed by atoms with E-state index in [0.717, 1.165) is 22.6 Å². The van der Waals surface area contributed by atoms with Gasteiger partial charge in [0.25, 0.3) is 11.8 Å². The first-order valence-electron chi connectivity index (χ1n) is 9.55. The molecule has 1 aliphatic heterocycles. The molecule has 0 radical (unpaired) electrons. The van der Waals surface area contributed by atoms with Gasteiger partial charge in [-0.2, -0.15) is 0 Å². The van der Waals surface area contributed by atoms with E-state index in [2.05, 4.69) is 10.3 Å². The number of aromatic nitrogens is 2. The second-order valence-electron chi connectivity index (χ2n) is 7.21. The van der Waals surface area contributed by atoms with Gasteiger partial charge in [0.05, 0.1) is 17.6 Å². The second-order valence-corrected chi connectivity index (χ2v) is 8.01. The zero-order valence-corrected chi connectivity index (χ0v) is 18.7. The highest BCUT2D eigenvalue weighted by molar-refractivity contribution is 7.80. The Morgan fingerprint density at radius 1 is 1.13 bits per heavy atom. The van der Waals surface area contributed by atoms with E-state index in [-0.39, 0.29) is 10.7 Å². The molecule has 6 nitrogen and oxygen atoms in total. The van der Waals surface area contributed by atoms with E-state index in [1.165, 1.54) is 4.90 Å². The number of carbonyl (C=O) groups excluding carboxylic acids is 2. The molecule has 0 bridgehead atoms. The van der Waals surface area contributed by atoms with Gasteiger partial charge < -0.3 is 4.57 Å². The summed E-state index contributed by atoms with van der Waals surface area (Å²) < 4.78 is 2.02. The number of pyridine rings is 1. The number of nitrogens with zero attached hydrogens (tertiary/aromatic N) is 3. The molecule has 2 amide bonds. The molecule has 156 valence electrons. The Labute approximate surface area is 190 Å². The number of amides is 2. The van der Waals surface area contributed by atoms with E-state index in [0.29, 0.717) is 16.3 Å². The molecule has 1 saturated heterocycles. The van der Waals surface area contributed by atoms with Gasteiger partial charge >= 0.3 is 0 Å². The predicted molar refractivity (Wildman–Crippen MR) is 125 cm³/mol. The van der Waals surface area contributed by atoms with E-state index in [9.17, 15) is 9.59 Å². The molecular weight excluding hydrogens is 432 g/mol. The van der Waals surface area contributed by atoms with Crippen LogP contribution < -0.4 is 10.2 Å². The molecule has 0 aliphatic carbocycles. The molecule has 0 saturated carbocycles. The third kappa shape index (κ3) is 3.66. The summed E-state index contributed by atoms with van der Waals surface area (Å²) in [5.41, 5.74) is 4.74. The zero-order chi connectivity index (χ0) is 22.3. The van der Waals surface area contributed by atoms with Crippen molar-refractivity contribution in [1.82, 2.24) is 14.9 Å². The molecule has 0 atom stereocenters. The maximum atomic E-state index is 13.3. The van der Waals surface area contributed by atoms with E-state index in [4.69, 9.17) is 23.8 Å². The largest absolute Gasteiger partial charge is 0.316 e.